The van der Waals surface area contributed by atoms with Crippen LogP contribution in [0.5, 0.6) is 0 Å². The second kappa shape index (κ2) is 8.77. The van der Waals surface area contributed by atoms with E-state index in [2.05, 4.69) is 41.4 Å². The fourth-order valence-corrected chi connectivity index (χ4v) is 3.37. The molecule has 1 unspecified atom stereocenters. The number of carbonyl (C=O) groups is 2. The van der Waals surface area contributed by atoms with Gasteiger partial charge in [-0.15, -0.1) is 0 Å². The number of hydrogen-bond acceptors (Lipinski definition) is 3. The molecule has 136 valence electrons. The van der Waals surface area contributed by atoms with Crippen molar-refractivity contribution in [3.8, 4) is 0 Å². The highest BCUT2D eigenvalue weighted by Crippen LogP contribution is 2.19. The highest BCUT2D eigenvalue weighted by atomic mass is 16.2. The normalized spacial score (nSPS) is 15.1. The van der Waals surface area contributed by atoms with Crippen LogP contribution in [0.25, 0.3) is 0 Å². The van der Waals surface area contributed by atoms with E-state index in [9.17, 15) is 9.59 Å². The van der Waals surface area contributed by atoms with Crippen LogP contribution in [-0.2, 0) is 17.8 Å². The van der Waals surface area contributed by atoms with Gasteiger partial charge in [0.2, 0.25) is 5.91 Å². The first kappa shape index (κ1) is 18.3. The third kappa shape index (κ3) is 4.79. The lowest BCUT2D eigenvalue weighted by Crippen LogP contribution is -2.44. The van der Waals surface area contributed by atoms with Crippen LogP contribution in [0.4, 0.5) is 0 Å². The van der Waals surface area contributed by atoms with E-state index in [0.717, 1.165) is 19.5 Å². The van der Waals surface area contributed by atoms with E-state index >= 15 is 0 Å². The highest BCUT2D eigenvalue weighted by Gasteiger charge is 2.20. The summed E-state index contributed by atoms with van der Waals surface area (Å²) in [6, 6.07) is 18.0. The van der Waals surface area contributed by atoms with Crippen LogP contribution in [0.3, 0.4) is 0 Å². The summed E-state index contributed by atoms with van der Waals surface area (Å²) in [5.74, 6) is -0.0417. The summed E-state index contributed by atoms with van der Waals surface area (Å²) in [4.78, 5) is 26.5. The predicted octanol–water partition coefficient (Wildman–Crippen LogP) is 3.21. The average Bonchev–Trinajstić information content (AvgIpc) is 2.70. The van der Waals surface area contributed by atoms with Crippen molar-refractivity contribution in [3.63, 3.8) is 0 Å². The van der Waals surface area contributed by atoms with Crippen molar-refractivity contribution in [1.82, 2.24) is 10.2 Å². The molecule has 1 heterocycles. The Morgan fingerprint density at radius 2 is 1.69 bits per heavy atom. The number of Topliss-reactive ketones (excluding diaryl/α,β-unsaturated/α-hetero) is 1. The first-order chi connectivity index (χ1) is 12.6. The van der Waals surface area contributed by atoms with Crippen molar-refractivity contribution in [2.45, 2.75) is 38.8 Å². The first-order valence-corrected chi connectivity index (χ1v) is 9.29. The number of hydrogen-bond donors (Lipinski definition) is 1. The maximum Gasteiger partial charge on any atom is 0.220 e. The number of rotatable bonds is 7. The third-order valence-electron chi connectivity index (χ3n) is 5.05. The molecule has 0 saturated heterocycles. The average molecular weight is 350 g/mol. The molecule has 3 rings (SSSR count). The van der Waals surface area contributed by atoms with Crippen LogP contribution in [0.15, 0.2) is 54.6 Å². The lowest BCUT2D eigenvalue weighted by molar-refractivity contribution is -0.121. The molecule has 1 aliphatic rings. The summed E-state index contributed by atoms with van der Waals surface area (Å²) >= 11 is 0. The molecule has 0 bridgehead atoms. The number of amides is 1. The van der Waals surface area contributed by atoms with Gasteiger partial charge in [-0.05, 0) is 24.5 Å². The van der Waals surface area contributed by atoms with Crippen LogP contribution in [-0.4, -0.2) is 35.7 Å². The molecule has 4 nitrogen and oxygen atoms in total. The maximum atomic E-state index is 12.1. The molecule has 0 spiro atoms. The van der Waals surface area contributed by atoms with Gasteiger partial charge in [-0.2, -0.15) is 0 Å². The standard InChI is InChI=1S/C22H26N2O2/c1-17(24-14-13-18-7-5-6-10-20(18)16-24)15-23-22(26)12-11-21(25)19-8-3-2-4-9-19/h2-10,17H,11-16H2,1H3,(H,23,26). The molecule has 0 radical (unpaired) electrons. The molecule has 4 heteroatoms. The van der Waals surface area contributed by atoms with Crippen LogP contribution < -0.4 is 5.32 Å². The van der Waals surface area contributed by atoms with Gasteiger partial charge in [0.1, 0.15) is 0 Å². The Bertz CT molecular complexity index is 758. The van der Waals surface area contributed by atoms with E-state index in [-0.39, 0.29) is 30.6 Å². The number of fused-ring (bicyclic) bond motifs is 1. The summed E-state index contributed by atoms with van der Waals surface area (Å²) in [7, 11) is 0. The molecule has 0 aromatic heterocycles. The molecule has 0 fully saturated rings. The Balaban J connectivity index is 1.41. The highest BCUT2D eigenvalue weighted by molar-refractivity contribution is 5.97. The number of nitrogens with one attached hydrogen (secondary N) is 1. The second-order valence-electron chi connectivity index (χ2n) is 6.93. The molecular weight excluding hydrogens is 324 g/mol. The van der Waals surface area contributed by atoms with E-state index in [1.54, 1.807) is 12.1 Å². The van der Waals surface area contributed by atoms with Gasteiger partial charge in [-0.3, -0.25) is 14.5 Å². The monoisotopic (exact) mass is 350 g/mol. The Labute approximate surface area is 155 Å². The zero-order valence-electron chi connectivity index (χ0n) is 15.3. The summed E-state index contributed by atoms with van der Waals surface area (Å²) in [6.45, 7) is 4.70. The molecule has 1 aliphatic heterocycles. The van der Waals surface area contributed by atoms with Crippen molar-refractivity contribution in [3.05, 3.63) is 71.3 Å². The smallest absolute Gasteiger partial charge is 0.220 e. The fourth-order valence-electron chi connectivity index (χ4n) is 3.37. The van der Waals surface area contributed by atoms with Crippen LogP contribution in [0, 0.1) is 0 Å². The fraction of sp³-hybridized carbons (Fsp3) is 0.364. The molecule has 0 aliphatic carbocycles. The van der Waals surface area contributed by atoms with E-state index in [4.69, 9.17) is 0 Å². The number of carbonyl (C=O) groups excluding carboxylic acids is 2. The van der Waals surface area contributed by atoms with Crippen molar-refractivity contribution in [2.24, 2.45) is 0 Å². The van der Waals surface area contributed by atoms with Gasteiger partial charge in [0, 0.05) is 44.1 Å². The molecule has 1 atom stereocenters. The van der Waals surface area contributed by atoms with Crippen molar-refractivity contribution in [1.29, 1.82) is 0 Å². The molecule has 26 heavy (non-hydrogen) atoms. The molecular formula is C22H26N2O2. The van der Waals surface area contributed by atoms with Gasteiger partial charge < -0.3 is 5.32 Å². The molecule has 0 saturated carbocycles. The molecule has 1 N–H and O–H groups in total. The zero-order valence-corrected chi connectivity index (χ0v) is 15.3. The number of benzene rings is 2. The SMILES string of the molecule is CC(CNC(=O)CCC(=O)c1ccccc1)N1CCc2ccccc2C1. The van der Waals surface area contributed by atoms with E-state index in [0.29, 0.717) is 12.1 Å². The van der Waals surface area contributed by atoms with Gasteiger partial charge in [-0.25, -0.2) is 0 Å². The van der Waals surface area contributed by atoms with E-state index < -0.39 is 0 Å². The van der Waals surface area contributed by atoms with Gasteiger partial charge in [0.05, 0.1) is 0 Å². The minimum absolute atomic E-state index is 0.0152. The summed E-state index contributed by atoms with van der Waals surface area (Å²) in [6.07, 6.45) is 1.55. The summed E-state index contributed by atoms with van der Waals surface area (Å²) in [5.41, 5.74) is 3.48. The number of ketones is 1. The van der Waals surface area contributed by atoms with Gasteiger partial charge in [-0.1, -0.05) is 54.6 Å². The largest absolute Gasteiger partial charge is 0.355 e. The van der Waals surface area contributed by atoms with Gasteiger partial charge in [0.15, 0.2) is 5.78 Å². The van der Waals surface area contributed by atoms with Crippen molar-refractivity contribution in [2.75, 3.05) is 13.1 Å². The lowest BCUT2D eigenvalue weighted by Gasteiger charge is -2.33. The predicted molar refractivity (Wildman–Crippen MR) is 103 cm³/mol. The van der Waals surface area contributed by atoms with Crippen LogP contribution in [0.1, 0.15) is 41.3 Å². The minimum Gasteiger partial charge on any atom is -0.355 e. The van der Waals surface area contributed by atoms with E-state index in [1.165, 1.54) is 11.1 Å². The van der Waals surface area contributed by atoms with Gasteiger partial charge >= 0.3 is 0 Å². The zero-order chi connectivity index (χ0) is 18.4. The lowest BCUT2D eigenvalue weighted by atomic mass is 9.99. The van der Waals surface area contributed by atoms with Crippen molar-refractivity contribution < 1.29 is 9.59 Å². The quantitative estimate of drug-likeness (QED) is 0.780. The third-order valence-corrected chi connectivity index (χ3v) is 5.05. The molecule has 2 aromatic carbocycles. The van der Waals surface area contributed by atoms with Crippen LogP contribution >= 0.6 is 0 Å². The molecule has 2 aromatic rings. The Morgan fingerprint density at radius 1 is 1.00 bits per heavy atom. The van der Waals surface area contributed by atoms with E-state index in [1.807, 2.05) is 18.2 Å². The number of nitrogens with zero attached hydrogens (tertiary/aromatic N) is 1. The summed E-state index contributed by atoms with van der Waals surface area (Å²) in [5, 5.41) is 2.98. The molecule has 1 amide bonds. The topological polar surface area (TPSA) is 49.4 Å². The summed E-state index contributed by atoms with van der Waals surface area (Å²) < 4.78 is 0. The minimum atomic E-state index is -0.0569. The second-order valence-corrected chi connectivity index (χ2v) is 6.93. The van der Waals surface area contributed by atoms with Crippen molar-refractivity contribution >= 4 is 11.7 Å². The Kier molecular flexibility index (Phi) is 6.18. The first-order valence-electron chi connectivity index (χ1n) is 9.29. The maximum absolute atomic E-state index is 12.1. The van der Waals surface area contributed by atoms with Crippen LogP contribution in [0.2, 0.25) is 0 Å². The van der Waals surface area contributed by atoms with Gasteiger partial charge in [0.25, 0.3) is 0 Å². The Morgan fingerprint density at radius 3 is 2.46 bits per heavy atom. The Hall–Kier alpha value is -2.46.